The van der Waals surface area contributed by atoms with Crippen molar-refractivity contribution in [1.29, 1.82) is 0 Å². The van der Waals surface area contributed by atoms with Gasteiger partial charge in [-0.1, -0.05) is 24.3 Å². The molecule has 0 amide bonds. The maximum absolute atomic E-state index is 4.07. The fourth-order valence-corrected chi connectivity index (χ4v) is 2.36. The third-order valence-electron chi connectivity index (χ3n) is 3.15. The Morgan fingerprint density at radius 1 is 1.06 bits per heavy atom. The predicted octanol–water partition coefficient (Wildman–Crippen LogP) is 2.32. The molecule has 1 N–H and O–H groups in total. The van der Waals surface area contributed by atoms with Gasteiger partial charge in [0.2, 0.25) is 0 Å². The molecule has 1 aliphatic rings. The Balaban J connectivity index is 2.05. The zero-order chi connectivity index (χ0) is 10.8. The maximum atomic E-state index is 4.07. The van der Waals surface area contributed by atoms with Crippen LogP contribution in [0.4, 0.5) is 0 Å². The minimum absolute atomic E-state index is 0.327. The molecule has 0 fully saturated rings. The van der Waals surface area contributed by atoms with Crippen LogP contribution in [0.5, 0.6) is 0 Å². The van der Waals surface area contributed by atoms with E-state index in [1.165, 1.54) is 16.7 Å². The molecule has 0 saturated carbocycles. The Morgan fingerprint density at radius 2 is 1.88 bits per heavy atom. The van der Waals surface area contributed by atoms with Crippen LogP contribution in [-0.2, 0) is 6.42 Å². The average molecular weight is 210 g/mol. The molecular weight excluding hydrogens is 196 g/mol. The van der Waals surface area contributed by atoms with Crippen molar-refractivity contribution < 1.29 is 0 Å². The van der Waals surface area contributed by atoms with Crippen LogP contribution in [0, 0.1) is 0 Å². The smallest absolute Gasteiger partial charge is 0.0580 e. The second-order valence-electron chi connectivity index (χ2n) is 4.12. The van der Waals surface area contributed by atoms with Crippen LogP contribution in [-0.4, -0.2) is 11.5 Å². The lowest BCUT2D eigenvalue weighted by Crippen LogP contribution is -2.30. The van der Waals surface area contributed by atoms with Gasteiger partial charge in [0.1, 0.15) is 0 Å². The van der Waals surface area contributed by atoms with E-state index < -0.39 is 0 Å². The van der Waals surface area contributed by atoms with E-state index in [1.54, 1.807) is 0 Å². The van der Waals surface area contributed by atoms with Crippen LogP contribution in [0.3, 0.4) is 0 Å². The molecule has 0 saturated heterocycles. The summed E-state index contributed by atoms with van der Waals surface area (Å²) in [6.07, 6.45) is 4.83. The van der Waals surface area contributed by atoms with Crippen LogP contribution in [0.15, 0.2) is 48.8 Å². The van der Waals surface area contributed by atoms with E-state index in [1.807, 2.05) is 12.4 Å². The van der Waals surface area contributed by atoms with Crippen molar-refractivity contribution in [3.8, 4) is 0 Å². The van der Waals surface area contributed by atoms with Crippen LogP contribution in [0.25, 0.3) is 0 Å². The second kappa shape index (κ2) is 4.06. The zero-order valence-corrected chi connectivity index (χ0v) is 9.06. The zero-order valence-electron chi connectivity index (χ0n) is 9.06. The van der Waals surface area contributed by atoms with Crippen LogP contribution < -0.4 is 5.32 Å². The van der Waals surface area contributed by atoms with Crippen LogP contribution >= 0.6 is 0 Å². The predicted molar refractivity (Wildman–Crippen MR) is 64.2 cm³/mol. The number of benzene rings is 1. The topological polar surface area (TPSA) is 24.9 Å². The maximum Gasteiger partial charge on any atom is 0.0580 e. The Kier molecular flexibility index (Phi) is 2.43. The first-order valence-electron chi connectivity index (χ1n) is 5.66. The highest BCUT2D eigenvalue weighted by Gasteiger charge is 2.20. The molecule has 16 heavy (non-hydrogen) atoms. The van der Waals surface area contributed by atoms with Crippen molar-refractivity contribution in [1.82, 2.24) is 10.3 Å². The molecule has 2 nitrogen and oxygen atoms in total. The van der Waals surface area contributed by atoms with Gasteiger partial charge in [0.05, 0.1) is 6.04 Å². The number of fused-ring (bicyclic) bond motifs is 1. The Bertz CT molecular complexity index is 479. The first kappa shape index (κ1) is 9.55. The summed E-state index contributed by atoms with van der Waals surface area (Å²) in [4.78, 5) is 4.07. The SMILES string of the molecule is c1ccc2c(c1)CCN[C@H]2c1ccncc1. The molecule has 80 valence electrons. The molecule has 1 aromatic heterocycles. The van der Waals surface area contributed by atoms with Crippen molar-refractivity contribution in [3.63, 3.8) is 0 Å². The summed E-state index contributed by atoms with van der Waals surface area (Å²) in [5.41, 5.74) is 4.16. The van der Waals surface area contributed by atoms with Crippen molar-refractivity contribution in [2.75, 3.05) is 6.54 Å². The molecular formula is C14H14N2. The van der Waals surface area contributed by atoms with Gasteiger partial charge in [-0.3, -0.25) is 4.98 Å². The summed E-state index contributed by atoms with van der Waals surface area (Å²) in [5.74, 6) is 0. The van der Waals surface area contributed by atoms with E-state index in [0.717, 1.165) is 13.0 Å². The van der Waals surface area contributed by atoms with Crippen molar-refractivity contribution >= 4 is 0 Å². The minimum atomic E-state index is 0.327. The Labute approximate surface area is 95.3 Å². The lowest BCUT2D eigenvalue weighted by atomic mass is 9.90. The monoisotopic (exact) mass is 210 g/mol. The summed E-state index contributed by atoms with van der Waals surface area (Å²) >= 11 is 0. The van der Waals surface area contributed by atoms with E-state index >= 15 is 0 Å². The lowest BCUT2D eigenvalue weighted by molar-refractivity contribution is 0.567. The Morgan fingerprint density at radius 3 is 2.75 bits per heavy atom. The first-order valence-corrected chi connectivity index (χ1v) is 5.66. The highest BCUT2D eigenvalue weighted by Crippen LogP contribution is 2.27. The lowest BCUT2D eigenvalue weighted by Gasteiger charge is -2.27. The number of aromatic nitrogens is 1. The summed E-state index contributed by atoms with van der Waals surface area (Å²) < 4.78 is 0. The number of hydrogen-bond donors (Lipinski definition) is 1. The summed E-state index contributed by atoms with van der Waals surface area (Å²) in [6, 6.07) is 13.2. The van der Waals surface area contributed by atoms with Crippen molar-refractivity contribution in [2.24, 2.45) is 0 Å². The largest absolute Gasteiger partial charge is 0.306 e. The number of rotatable bonds is 1. The number of nitrogens with zero attached hydrogens (tertiary/aromatic N) is 1. The first-order chi connectivity index (χ1) is 7.95. The highest BCUT2D eigenvalue weighted by molar-refractivity contribution is 5.38. The molecule has 3 rings (SSSR count). The van der Waals surface area contributed by atoms with Gasteiger partial charge in [0.15, 0.2) is 0 Å². The van der Waals surface area contributed by atoms with E-state index in [9.17, 15) is 0 Å². The summed E-state index contributed by atoms with van der Waals surface area (Å²) in [6.45, 7) is 1.05. The van der Waals surface area contributed by atoms with Gasteiger partial charge in [-0.15, -0.1) is 0 Å². The molecule has 0 spiro atoms. The number of pyridine rings is 1. The van der Waals surface area contributed by atoms with E-state index in [2.05, 4.69) is 46.7 Å². The fourth-order valence-electron chi connectivity index (χ4n) is 2.36. The minimum Gasteiger partial charge on any atom is -0.306 e. The fraction of sp³-hybridized carbons (Fsp3) is 0.214. The van der Waals surface area contributed by atoms with Crippen LogP contribution in [0.1, 0.15) is 22.7 Å². The standard InChI is InChI=1S/C14H14N2/c1-2-4-13-11(3-1)7-10-16-14(13)12-5-8-15-9-6-12/h1-6,8-9,14,16H,7,10H2/t14-/m0/s1. The van der Waals surface area contributed by atoms with Gasteiger partial charge in [-0.25, -0.2) is 0 Å². The molecule has 1 aliphatic heterocycles. The molecule has 1 atom stereocenters. The molecule has 0 radical (unpaired) electrons. The Hall–Kier alpha value is -1.67. The van der Waals surface area contributed by atoms with Crippen molar-refractivity contribution in [3.05, 3.63) is 65.5 Å². The van der Waals surface area contributed by atoms with Gasteiger partial charge < -0.3 is 5.32 Å². The normalized spacial score (nSPS) is 19.1. The molecule has 1 aromatic carbocycles. The third kappa shape index (κ3) is 1.61. The average Bonchev–Trinajstić information content (AvgIpc) is 2.39. The van der Waals surface area contributed by atoms with Gasteiger partial charge in [0.25, 0.3) is 0 Å². The van der Waals surface area contributed by atoms with Gasteiger partial charge in [0, 0.05) is 18.9 Å². The van der Waals surface area contributed by atoms with Gasteiger partial charge in [-0.2, -0.15) is 0 Å². The van der Waals surface area contributed by atoms with E-state index in [0.29, 0.717) is 6.04 Å². The van der Waals surface area contributed by atoms with Gasteiger partial charge in [-0.05, 0) is 35.2 Å². The molecule has 0 unspecified atom stereocenters. The van der Waals surface area contributed by atoms with Gasteiger partial charge >= 0.3 is 0 Å². The molecule has 2 heterocycles. The van der Waals surface area contributed by atoms with E-state index in [4.69, 9.17) is 0 Å². The third-order valence-corrected chi connectivity index (χ3v) is 3.15. The number of hydrogen-bond acceptors (Lipinski definition) is 2. The summed E-state index contributed by atoms with van der Waals surface area (Å²) in [7, 11) is 0. The molecule has 2 aromatic rings. The molecule has 0 aliphatic carbocycles. The van der Waals surface area contributed by atoms with E-state index in [-0.39, 0.29) is 0 Å². The highest BCUT2D eigenvalue weighted by atomic mass is 14.9. The van der Waals surface area contributed by atoms with Crippen LogP contribution in [0.2, 0.25) is 0 Å². The molecule has 2 heteroatoms. The number of nitrogens with one attached hydrogen (secondary N) is 1. The second-order valence-corrected chi connectivity index (χ2v) is 4.12. The van der Waals surface area contributed by atoms with Crippen molar-refractivity contribution in [2.45, 2.75) is 12.5 Å². The quantitative estimate of drug-likeness (QED) is 0.781. The summed E-state index contributed by atoms with van der Waals surface area (Å²) in [5, 5.41) is 3.56. The molecule has 0 bridgehead atoms.